The van der Waals surface area contributed by atoms with Crippen molar-refractivity contribution in [2.75, 3.05) is 5.32 Å². The Labute approximate surface area is 88.3 Å². The smallest absolute Gasteiger partial charge is 0.305 e. The Balaban J connectivity index is 2.05. The van der Waals surface area contributed by atoms with Gasteiger partial charge in [-0.05, 0) is 31.9 Å². The van der Waals surface area contributed by atoms with Gasteiger partial charge in [0.15, 0.2) is 0 Å². The Bertz CT molecular complexity index is 386. The maximum atomic E-state index is 10.7. The van der Waals surface area contributed by atoms with Gasteiger partial charge in [-0.2, -0.15) is 0 Å². The topological polar surface area (TPSA) is 62.2 Å². The first-order valence-corrected chi connectivity index (χ1v) is 5.02. The van der Waals surface area contributed by atoms with Crippen molar-refractivity contribution in [1.29, 1.82) is 0 Å². The number of aromatic nitrogens is 1. The van der Waals surface area contributed by atoms with Crippen LogP contribution in [-0.2, 0) is 4.79 Å². The third-order valence-corrected chi connectivity index (χ3v) is 2.65. The van der Waals surface area contributed by atoms with Gasteiger partial charge in [0.2, 0.25) is 0 Å². The first kappa shape index (κ1) is 9.96. The molecular weight excluding hydrogens is 192 g/mol. The fraction of sp³-hybridized carbons (Fsp3) is 0.455. The molecule has 0 atom stereocenters. The first-order valence-electron chi connectivity index (χ1n) is 5.02. The molecule has 1 fully saturated rings. The van der Waals surface area contributed by atoms with E-state index in [0.29, 0.717) is 0 Å². The summed E-state index contributed by atoms with van der Waals surface area (Å²) in [6.07, 6.45) is 3.78. The molecule has 1 aromatic rings. The third kappa shape index (κ3) is 2.46. The van der Waals surface area contributed by atoms with Crippen molar-refractivity contribution in [3.8, 4) is 0 Å². The van der Waals surface area contributed by atoms with E-state index in [9.17, 15) is 4.79 Å². The van der Waals surface area contributed by atoms with Crippen molar-refractivity contribution in [2.45, 2.75) is 31.7 Å². The fourth-order valence-electron chi connectivity index (χ4n) is 1.72. The van der Waals surface area contributed by atoms with E-state index in [2.05, 4.69) is 10.3 Å². The highest BCUT2D eigenvalue weighted by molar-refractivity contribution is 5.70. The number of hydrogen-bond acceptors (Lipinski definition) is 3. The number of carboxylic acid groups (broad SMARTS) is 1. The normalized spacial score (nSPS) is 17.1. The molecule has 0 radical (unpaired) electrons. The summed E-state index contributed by atoms with van der Waals surface area (Å²) < 4.78 is 0. The molecule has 4 heteroatoms. The summed E-state index contributed by atoms with van der Waals surface area (Å²) in [5.74, 6) is -0.745. The lowest BCUT2D eigenvalue weighted by Gasteiger charge is -2.16. The molecule has 2 rings (SSSR count). The Morgan fingerprint density at radius 2 is 2.40 bits per heavy atom. The summed E-state index contributed by atoms with van der Waals surface area (Å²) in [7, 11) is 0. The molecule has 0 amide bonds. The molecule has 1 aliphatic rings. The highest BCUT2D eigenvalue weighted by Crippen LogP contribution is 2.41. The van der Waals surface area contributed by atoms with Gasteiger partial charge >= 0.3 is 5.97 Å². The molecule has 15 heavy (non-hydrogen) atoms. The highest BCUT2D eigenvalue weighted by Gasteiger charge is 2.44. The molecule has 0 spiro atoms. The Morgan fingerprint density at radius 3 is 2.93 bits per heavy atom. The SMILES string of the molecule is Cc1cc(NC2(CC(=O)O)CC2)ccn1. The van der Waals surface area contributed by atoms with E-state index in [1.54, 1.807) is 6.20 Å². The van der Waals surface area contributed by atoms with Gasteiger partial charge in [-0.1, -0.05) is 0 Å². The Kier molecular flexibility index (Phi) is 2.34. The number of hydrogen-bond donors (Lipinski definition) is 2. The molecule has 0 unspecified atom stereocenters. The van der Waals surface area contributed by atoms with Crippen molar-refractivity contribution in [3.05, 3.63) is 24.0 Å². The zero-order chi connectivity index (χ0) is 10.9. The quantitative estimate of drug-likeness (QED) is 0.788. The number of rotatable bonds is 4. The fourth-order valence-corrected chi connectivity index (χ4v) is 1.72. The van der Waals surface area contributed by atoms with Crippen LogP contribution >= 0.6 is 0 Å². The van der Waals surface area contributed by atoms with E-state index in [1.165, 1.54) is 0 Å². The lowest BCUT2D eigenvalue weighted by molar-refractivity contribution is -0.137. The van der Waals surface area contributed by atoms with Crippen molar-refractivity contribution >= 4 is 11.7 Å². The molecule has 1 aromatic heterocycles. The zero-order valence-electron chi connectivity index (χ0n) is 8.66. The highest BCUT2D eigenvalue weighted by atomic mass is 16.4. The van der Waals surface area contributed by atoms with Crippen LogP contribution in [-0.4, -0.2) is 21.6 Å². The molecule has 0 aromatic carbocycles. The minimum Gasteiger partial charge on any atom is -0.481 e. The summed E-state index contributed by atoms with van der Waals surface area (Å²) in [6.45, 7) is 1.92. The minimum absolute atomic E-state index is 0.189. The molecule has 0 saturated heterocycles. The van der Waals surface area contributed by atoms with Gasteiger partial charge in [-0.15, -0.1) is 0 Å². The number of nitrogens with zero attached hydrogens (tertiary/aromatic N) is 1. The van der Waals surface area contributed by atoms with Crippen molar-refractivity contribution < 1.29 is 9.90 Å². The van der Waals surface area contributed by atoms with Gasteiger partial charge < -0.3 is 10.4 Å². The van der Waals surface area contributed by atoms with E-state index in [1.807, 2.05) is 19.1 Å². The molecule has 1 saturated carbocycles. The van der Waals surface area contributed by atoms with Crippen molar-refractivity contribution in [2.24, 2.45) is 0 Å². The molecule has 0 bridgehead atoms. The van der Waals surface area contributed by atoms with Gasteiger partial charge in [-0.25, -0.2) is 0 Å². The second kappa shape index (κ2) is 3.53. The number of aryl methyl sites for hydroxylation is 1. The number of pyridine rings is 1. The molecule has 0 aliphatic heterocycles. The standard InChI is InChI=1S/C11H14N2O2/c1-8-6-9(2-5-12-8)13-11(3-4-11)7-10(14)15/h2,5-6H,3-4,7H2,1H3,(H,12,13)(H,14,15). The van der Waals surface area contributed by atoms with E-state index in [4.69, 9.17) is 5.11 Å². The zero-order valence-corrected chi connectivity index (χ0v) is 8.66. The van der Waals surface area contributed by atoms with E-state index < -0.39 is 5.97 Å². The number of carboxylic acids is 1. The molecule has 2 N–H and O–H groups in total. The second-order valence-electron chi connectivity index (χ2n) is 4.16. The summed E-state index contributed by atoms with van der Waals surface area (Å²) in [5.41, 5.74) is 1.69. The average Bonchev–Trinajstić information content (AvgIpc) is 2.83. The summed E-state index contributed by atoms with van der Waals surface area (Å²) >= 11 is 0. The molecule has 4 nitrogen and oxygen atoms in total. The lowest BCUT2D eigenvalue weighted by Crippen LogP contribution is -2.24. The van der Waals surface area contributed by atoms with E-state index >= 15 is 0 Å². The van der Waals surface area contributed by atoms with Gasteiger partial charge in [0.1, 0.15) is 0 Å². The molecule has 80 valence electrons. The van der Waals surface area contributed by atoms with E-state index in [-0.39, 0.29) is 12.0 Å². The van der Waals surface area contributed by atoms with Gasteiger partial charge in [0.25, 0.3) is 0 Å². The maximum Gasteiger partial charge on any atom is 0.305 e. The summed E-state index contributed by atoms with van der Waals surface area (Å²) in [4.78, 5) is 14.8. The number of aliphatic carboxylic acids is 1. The maximum absolute atomic E-state index is 10.7. The largest absolute Gasteiger partial charge is 0.481 e. The Hall–Kier alpha value is -1.58. The van der Waals surface area contributed by atoms with Crippen molar-refractivity contribution in [3.63, 3.8) is 0 Å². The van der Waals surface area contributed by atoms with Gasteiger partial charge in [0, 0.05) is 23.1 Å². The second-order valence-corrected chi connectivity index (χ2v) is 4.16. The summed E-state index contributed by atoms with van der Waals surface area (Å²) in [6, 6.07) is 3.80. The molecular formula is C11H14N2O2. The number of nitrogens with one attached hydrogen (secondary N) is 1. The predicted octanol–water partition coefficient (Wildman–Crippen LogP) is 1.81. The number of anilines is 1. The van der Waals surface area contributed by atoms with Crippen LogP contribution in [0.2, 0.25) is 0 Å². The summed E-state index contributed by atoms with van der Waals surface area (Å²) in [5, 5.41) is 12.1. The number of carbonyl (C=O) groups is 1. The van der Waals surface area contributed by atoms with E-state index in [0.717, 1.165) is 24.2 Å². The van der Waals surface area contributed by atoms with Crippen LogP contribution < -0.4 is 5.32 Å². The van der Waals surface area contributed by atoms with Crippen LogP contribution in [0, 0.1) is 6.92 Å². The Morgan fingerprint density at radius 1 is 1.67 bits per heavy atom. The van der Waals surface area contributed by atoms with Crippen LogP contribution in [0.5, 0.6) is 0 Å². The van der Waals surface area contributed by atoms with Gasteiger partial charge in [-0.3, -0.25) is 9.78 Å². The third-order valence-electron chi connectivity index (χ3n) is 2.65. The first-order chi connectivity index (χ1) is 7.10. The van der Waals surface area contributed by atoms with Gasteiger partial charge in [0.05, 0.1) is 6.42 Å². The van der Waals surface area contributed by atoms with Crippen LogP contribution in [0.1, 0.15) is 25.0 Å². The lowest BCUT2D eigenvalue weighted by atomic mass is 10.1. The van der Waals surface area contributed by atoms with Crippen LogP contribution in [0.4, 0.5) is 5.69 Å². The monoisotopic (exact) mass is 206 g/mol. The van der Waals surface area contributed by atoms with Crippen LogP contribution in [0.3, 0.4) is 0 Å². The minimum atomic E-state index is -0.745. The molecule has 1 aliphatic carbocycles. The predicted molar refractivity (Wildman–Crippen MR) is 56.8 cm³/mol. The molecule has 1 heterocycles. The average molecular weight is 206 g/mol. The van der Waals surface area contributed by atoms with Crippen LogP contribution in [0.25, 0.3) is 0 Å². The van der Waals surface area contributed by atoms with Crippen LogP contribution in [0.15, 0.2) is 18.3 Å². The van der Waals surface area contributed by atoms with Crippen molar-refractivity contribution in [1.82, 2.24) is 4.98 Å².